The molecule has 0 aliphatic heterocycles. The minimum Gasteiger partial charge on any atom is -0.316 e. The van der Waals surface area contributed by atoms with E-state index in [2.05, 4.69) is 18.3 Å². The van der Waals surface area contributed by atoms with E-state index < -0.39 is 0 Å². The molecule has 1 N–H and O–H groups in total. The number of thioether (sulfide) groups is 1. The largest absolute Gasteiger partial charge is 0.316 e. The van der Waals surface area contributed by atoms with E-state index in [1.165, 1.54) is 28.0 Å². The van der Waals surface area contributed by atoms with Crippen molar-refractivity contribution >= 4 is 55.6 Å². The van der Waals surface area contributed by atoms with Gasteiger partial charge in [-0.15, -0.1) is 22.7 Å². The first-order chi connectivity index (χ1) is 16.0. The van der Waals surface area contributed by atoms with Crippen LogP contribution in [0.15, 0.2) is 51.7 Å². The normalized spacial score (nSPS) is 15.2. The lowest BCUT2D eigenvalue weighted by molar-refractivity contribution is -0.113. The van der Waals surface area contributed by atoms with Gasteiger partial charge in [0.15, 0.2) is 5.16 Å². The van der Waals surface area contributed by atoms with Gasteiger partial charge in [-0.1, -0.05) is 36.9 Å². The summed E-state index contributed by atoms with van der Waals surface area (Å²) in [5, 5.41) is 15.5. The summed E-state index contributed by atoms with van der Waals surface area (Å²) in [5.74, 6) is 0.442. The van der Waals surface area contributed by atoms with Crippen LogP contribution >= 0.6 is 34.4 Å². The fraction of sp³-hybridized carbons (Fsp3) is 0.250. The smallest absolute Gasteiger partial charge is 0.267 e. The summed E-state index contributed by atoms with van der Waals surface area (Å²) in [6.45, 7) is 2.24. The number of amides is 1. The summed E-state index contributed by atoms with van der Waals surface area (Å²) in [6, 6.07) is 13.2. The highest BCUT2D eigenvalue weighted by molar-refractivity contribution is 7.99. The van der Waals surface area contributed by atoms with E-state index in [1.807, 2.05) is 30.3 Å². The molecule has 0 saturated carbocycles. The van der Waals surface area contributed by atoms with Crippen LogP contribution in [0.3, 0.4) is 0 Å². The van der Waals surface area contributed by atoms with Crippen LogP contribution in [0.1, 0.15) is 29.3 Å². The third kappa shape index (κ3) is 4.22. The first-order valence-corrected chi connectivity index (χ1v) is 13.3. The molecule has 33 heavy (non-hydrogen) atoms. The second-order valence-corrected chi connectivity index (χ2v) is 11.0. The molecule has 1 aliphatic rings. The van der Waals surface area contributed by atoms with Crippen LogP contribution in [0.2, 0.25) is 0 Å². The van der Waals surface area contributed by atoms with Crippen LogP contribution in [-0.2, 0) is 17.6 Å². The molecule has 0 saturated heterocycles. The van der Waals surface area contributed by atoms with Crippen LogP contribution in [0.5, 0.6) is 0 Å². The molecule has 3 heterocycles. The number of fused-ring (bicyclic) bond motifs is 3. The Morgan fingerprint density at radius 2 is 2.15 bits per heavy atom. The molecule has 1 unspecified atom stereocenters. The molecule has 1 atom stereocenters. The molecular formula is C24H20N4O2S3. The lowest BCUT2D eigenvalue weighted by Crippen LogP contribution is -2.23. The van der Waals surface area contributed by atoms with Crippen molar-refractivity contribution in [2.45, 2.75) is 31.3 Å². The molecule has 5 rings (SSSR count). The maximum Gasteiger partial charge on any atom is 0.267 e. The van der Waals surface area contributed by atoms with E-state index in [0.29, 0.717) is 21.6 Å². The number of carbonyl (C=O) groups is 1. The Balaban J connectivity index is 1.52. The number of hydrogen-bond acceptors (Lipinski definition) is 7. The van der Waals surface area contributed by atoms with Crippen molar-refractivity contribution in [3.8, 4) is 11.8 Å². The Bertz CT molecular complexity index is 1450. The minimum atomic E-state index is -0.243. The number of aryl methyl sites for hydroxylation is 1. The monoisotopic (exact) mass is 492 g/mol. The van der Waals surface area contributed by atoms with Gasteiger partial charge in [0.1, 0.15) is 15.9 Å². The van der Waals surface area contributed by atoms with Crippen LogP contribution < -0.4 is 10.9 Å². The summed E-state index contributed by atoms with van der Waals surface area (Å²) in [7, 11) is 0. The zero-order valence-electron chi connectivity index (χ0n) is 17.8. The first kappa shape index (κ1) is 21.9. The van der Waals surface area contributed by atoms with E-state index >= 15 is 0 Å². The van der Waals surface area contributed by atoms with E-state index in [1.54, 1.807) is 27.4 Å². The van der Waals surface area contributed by atoms with Gasteiger partial charge in [-0.2, -0.15) is 5.26 Å². The molecule has 0 spiro atoms. The van der Waals surface area contributed by atoms with Crippen molar-refractivity contribution in [2.75, 3.05) is 11.1 Å². The summed E-state index contributed by atoms with van der Waals surface area (Å²) in [6.07, 6.45) is 2.96. The highest BCUT2D eigenvalue weighted by Gasteiger charge is 2.25. The number of carbonyl (C=O) groups excluding carboxylic acids is 1. The van der Waals surface area contributed by atoms with Crippen molar-refractivity contribution < 1.29 is 4.79 Å². The molecule has 3 aromatic heterocycles. The summed E-state index contributed by atoms with van der Waals surface area (Å²) >= 11 is 4.15. The van der Waals surface area contributed by atoms with E-state index in [-0.39, 0.29) is 17.2 Å². The lowest BCUT2D eigenvalue weighted by atomic mass is 9.89. The molecular weight excluding hydrogens is 472 g/mol. The molecule has 166 valence electrons. The zero-order chi connectivity index (χ0) is 22.9. The highest BCUT2D eigenvalue weighted by atomic mass is 32.2. The van der Waals surface area contributed by atoms with Gasteiger partial charge < -0.3 is 5.32 Å². The summed E-state index contributed by atoms with van der Waals surface area (Å²) in [5.41, 5.74) is 2.24. The molecule has 1 amide bonds. The topological polar surface area (TPSA) is 87.8 Å². The Kier molecular flexibility index (Phi) is 6.06. The van der Waals surface area contributed by atoms with Gasteiger partial charge in [0.2, 0.25) is 5.91 Å². The maximum atomic E-state index is 13.7. The molecule has 0 radical (unpaired) electrons. The number of nitrogens with zero attached hydrogens (tertiary/aromatic N) is 3. The Labute approximate surface area is 202 Å². The number of benzene rings is 1. The summed E-state index contributed by atoms with van der Waals surface area (Å²) < 4.78 is 1.62. The minimum absolute atomic E-state index is 0.0776. The molecule has 6 nitrogen and oxygen atoms in total. The Morgan fingerprint density at radius 3 is 2.94 bits per heavy atom. The van der Waals surface area contributed by atoms with Crippen LogP contribution in [-0.4, -0.2) is 21.2 Å². The zero-order valence-corrected chi connectivity index (χ0v) is 20.3. The SMILES string of the molecule is CC1CCc2c(sc3nc(SCC(=O)Nc4sccc4C#N)n(-c4ccccc4)c(=O)c23)C1. The van der Waals surface area contributed by atoms with Gasteiger partial charge >= 0.3 is 0 Å². The van der Waals surface area contributed by atoms with Crippen molar-refractivity contribution in [3.05, 3.63) is 68.1 Å². The maximum absolute atomic E-state index is 13.7. The number of hydrogen-bond donors (Lipinski definition) is 1. The van der Waals surface area contributed by atoms with E-state index in [9.17, 15) is 9.59 Å². The predicted molar refractivity (Wildman–Crippen MR) is 135 cm³/mol. The number of rotatable bonds is 5. The molecule has 1 aromatic carbocycles. The first-order valence-electron chi connectivity index (χ1n) is 10.6. The fourth-order valence-corrected chi connectivity index (χ4v) is 7.05. The van der Waals surface area contributed by atoms with Gasteiger partial charge in [-0.25, -0.2) is 4.98 Å². The van der Waals surface area contributed by atoms with Gasteiger partial charge in [-0.05, 0) is 54.3 Å². The van der Waals surface area contributed by atoms with Gasteiger partial charge in [0, 0.05) is 4.88 Å². The lowest BCUT2D eigenvalue weighted by Gasteiger charge is -2.17. The Hall–Kier alpha value is -2.93. The predicted octanol–water partition coefficient (Wildman–Crippen LogP) is 5.24. The second-order valence-electron chi connectivity index (χ2n) is 8.01. The van der Waals surface area contributed by atoms with Crippen molar-refractivity contribution in [1.29, 1.82) is 5.26 Å². The highest BCUT2D eigenvalue weighted by Crippen LogP contribution is 2.37. The van der Waals surface area contributed by atoms with Gasteiger partial charge in [0.25, 0.3) is 5.56 Å². The molecule has 0 bridgehead atoms. The third-order valence-electron chi connectivity index (χ3n) is 5.68. The average molecular weight is 493 g/mol. The van der Waals surface area contributed by atoms with Gasteiger partial charge in [-0.3, -0.25) is 14.2 Å². The van der Waals surface area contributed by atoms with Crippen LogP contribution in [0.25, 0.3) is 15.9 Å². The molecule has 9 heteroatoms. The number of para-hydroxylation sites is 1. The quantitative estimate of drug-likeness (QED) is 0.304. The van der Waals surface area contributed by atoms with Crippen LogP contribution in [0, 0.1) is 17.2 Å². The number of nitriles is 1. The third-order valence-corrected chi connectivity index (χ3v) is 8.60. The molecule has 1 aliphatic carbocycles. The number of nitrogens with one attached hydrogen (secondary N) is 1. The van der Waals surface area contributed by atoms with E-state index in [0.717, 1.165) is 40.7 Å². The van der Waals surface area contributed by atoms with Crippen molar-refractivity contribution in [3.63, 3.8) is 0 Å². The number of aromatic nitrogens is 2. The standard InChI is InChI=1S/C24H20N4O2S3/c1-14-7-8-17-18(11-14)33-22-20(17)23(30)28(16-5-3-2-4-6-16)24(27-22)32-13-19(29)26-21-15(12-25)9-10-31-21/h2-6,9-10,14H,7-8,11,13H2,1H3,(H,26,29). The van der Waals surface area contributed by atoms with Gasteiger partial charge in [0.05, 0.1) is 22.4 Å². The Morgan fingerprint density at radius 1 is 1.33 bits per heavy atom. The van der Waals surface area contributed by atoms with Crippen LogP contribution in [0.4, 0.5) is 5.00 Å². The van der Waals surface area contributed by atoms with Crippen molar-refractivity contribution in [2.24, 2.45) is 5.92 Å². The van der Waals surface area contributed by atoms with Crippen molar-refractivity contribution in [1.82, 2.24) is 9.55 Å². The molecule has 4 aromatic rings. The van der Waals surface area contributed by atoms with E-state index in [4.69, 9.17) is 10.2 Å². The average Bonchev–Trinajstić information content (AvgIpc) is 3.41. The molecule has 0 fully saturated rings. The number of anilines is 1. The fourth-order valence-electron chi connectivity index (χ4n) is 4.06. The second kappa shape index (κ2) is 9.14. The summed E-state index contributed by atoms with van der Waals surface area (Å²) in [4.78, 5) is 33.2. The number of thiophene rings is 2.